The van der Waals surface area contributed by atoms with Crippen LogP contribution in [-0.4, -0.2) is 73.0 Å². The molecule has 1 aromatic heterocycles. The van der Waals surface area contributed by atoms with Gasteiger partial charge in [-0.05, 0) is 44.4 Å². The Labute approximate surface area is 222 Å². The molecule has 3 aromatic rings. The molecular formula is C25H27ClF2N6O4. The minimum Gasteiger partial charge on any atom is -0.494 e. The van der Waals surface area contributed by atoms with Gasteiger partial charge in [-0.15, -0.1) is 0 Å². The lowest BCUT2D eigenvalue weighted by molar-refractivity contribution is -0.121. The number of hydrogen-bond acceptors (Lipinski definition) is 6. The van der Waals surface area contributed by atoms with Gasteiger partial charge in [0.05, 0.1) is 36.1 Å². The summed E-state index contributed by atoms with van der Waals surface area (Å²) in [5.41, 5.74) is 0.560. The third-order valence-electron chi connectivity index (χ3n) is 5.40. The Morgan fingerprint density at radius 2 is 1.76 bits per heavy atom. The number of nitrogens with one attached hydrogen (secondary N) is 3. The van der Waals surface area contributed by atoms with Crippen LogP contribution in [0.5, 0.6) is 5.75 Å². The minimum absolute atomic E-state index is 0.0649. The van der Waals surface area contributed by atoms with Crippen molar-refractivity contribution >= 4 is 35.0 Å². The number of carbonyl (C=O) groups excluding carboxylic acids is 3. The summed E-state index contributed by atoms with van der Waals surface area (Å²) >= 11 is 6.25. The van der Waals surface area contributed by atoms with E-state index in [0.717, 1.165) is 0 Å². The van der Waals surface area contributed by atoms with Crippen LogP contribution in [-0.2, 0) is 11.8 Å². The number of nitrogens with zero attached hydrogens (tertiary/aromatic N) is 3. The molecule has 0 aliphatic carbocycles. The first kappa shape index (κ1) is 28.5. The summed E-state index contributed by atoms with van der Waals surface area (Å²) in [5, 5.41) is 8.05. The van der Waals surface area contributed by atoms with Crippen molar-refractivity contribution in [2.75, 3.05) is 46.2 Å². The lowest BCUT2D eigenvalue weighted by atomic mass is 10.1. The summed E-state index contributed by atoms with van der Waals surface area (Å²) in [6, 6.07) is 6.94. The van der Waals surface area contributed by atoms with Gasteiger partial charge in [-0.25, -0.2) is 9.37 Å². The molecule has 2 aromatic carbocycles. The summed E-state index contributed by atoms with van der Waals surface area (Å²) in [7, 11) is 6.26. The van der Waals surface area contributed by atoms with E-state index < -0.39 is 23.4 Å². The fourth-order valence-electron chi connectivity index (χ4n) is 3.54. The SMILES string of the molecule is COc1ccc(-c2cnc(C(=O)Nc3ccc(C(=O)NCCNC(=O)CN(C)C)c(Cl)c3)n2C)c(F)c1F. The number of anilines is 1. The largest absolute Gasteiger partial charge is 0.494 e. The predicted octanol–water partition coefficient (Wildman–Crippen LogP) is 2.69. The lowest BCUT2D eigenvalue weighted by Crippen LogP contribution is -2.38. The van der Waals surface area contributed by atoms with Gasteiger partial charge in [0, 0.05) is 31.4 Å². The predicted molar refractivity (Wildman–Crippen MR) is 138 cm³/mol. The van der Waals surface area contributed by atoms with Crippen LogP contribution in [0.1, 0.15) is 21.0 Å². The van der Waals surface area contributed by atoms with Crippen molar-refractivity contribution in [1.82, 2.24) is 25.1 Å². The molecular weight excluding hydrogens is 522 g/mol. The monoisotopic (exact) mass is 548 g/mol. The number of benzene rings is 2. The molecule has 10 nitrogen and oxygen atoms in total. The molecule has 1 heterocycles. The Morgan fingerprint density at radius 1 is 1.05 bits per heavy atom. The lowest BCUT2D eigenvalue weighted by Gasteiger charge is -2.12. The second-order valence-electron chi connectivity index (χ2n) is 8.46. The molecule has 0 fully saturated rings. The Bertz CT molecular complexity index is 1360. The topological polar surface area (TPSA) is 118 Å². The summed E-state index contributed by atoms with van der Waals surface area (Å²) in [5.74, 6) is -3.83. The minimum atomic E-state index is -1.15. The van der Waals surface area contributed by atoms with Crippen molar-refractivity contribution in [2.45, 2.75) is 0 Å². The van der Waals surface area contributed by atoms with E-state index in [4.69, 9.17) is 16.3 Å². The van der Waals surface area contributed by atoms with E-state index in [2.05, 4.69) is 20.9 Å². The van der Waals surface area contributed by atoms with Gasteiger partial charge < -0.3 is 30.2 Å². The van der Waals surface area contributed by atoms with Crippen molar-refractivity contribution < 1.29 is 27.9 Å². The van der Waals surface area contributed by atoms with Gasteiger partial charge >= 0.3 is 0 Å². The molecule has 0 saturated heterocycles. The van der Waals surface area contributed by atoms with Gasteiger partial charge in [0.15, 0.2) is 17.4 Å². The zero-order chi connectivity index (χ0) is 28.0. The number of amides is 3. The van der Waals surface area contributed by atoms with E-state index in [1.165, 1.54) is 55.3 Å². The van der Waals surface area contributed by atoms with Crippen molar-refractivity contribution in [1.29, 1.82) is 0 Å². The number of imidazole rings is 1. The number of methoxy groups -OCH3 is 1. The van der Waals surface area contributed by atoms with E-state index in [-0.39, 0.29) is 59.0 Å². The molecule has 3 amide bonds. The smallest absolute Gasteiger partial charge is 0.291 e. The highest BCUT2D eigenvalue weighted by molar-refractivity contribution is 6.34. The van der Waals surface area contributed by atoms with Crippen LogP contribution in [0.2, 0.25) is 5.02 Å². The molecule has 3 N–H and O–H groups in total. The molecule has 0 saturated carbocycles. The molecule has 0 bridgehead atoms. The summed E-state index contributed by atoms with van der Waals surface area (Å²) in [4.78, 5) is 42.6. The summed E-state index contributed by atoms with van der Waals surface area (Å²) in [6.07, 6.45) is 1.25. The molecule has 3 rings (SSSR count). The average molecular weight is 549 g/mol. The number of carbonyl (C=O) groups is 3. The molecule has 0 radical (unpaired) electrons. The number of rotatable bonds is 10. The molecule has 0 spiro atoms. The Hall–Kier alpha value is -4.03. The highest BCUT2D eigenvalue weighted by Crippen LogP contribution is 2.30. The molecule has 0 unspecified atom stereocenters. The Kier molecular flexibility index (Phi) is 9.37. The van der Waals surface area contributed by atoms with Crippen LogP contribution in [0.15, 0.2) is 36.5 Å². The van der Waals surface area contributed by atoms with Crippen LogP contribution in [0.4, 0.5) is 14.5 Å². The van der Waals surface area contributed by atoms with Crippen molar-refractivity contribution in [3.05, 3.63) is 64.6 Å². The second-order valence-corrected chi connectivity index (χ2v) is 8.87. The zero-order valence-corrected chi connectivity index (χ0v) is 21.9. The van der Waals surface area contributed by atoms with Crippen LogP contribution >= 0.6 is 11.6 Å². The van der Waals surface area contributed by atoms with E-state index in [1.807, 2.05) is 0 Å². The van der Waals surface area contributed by atoms with Gasteiger partial charge in [-0.1, -0.05) is 11.6 Å². The zero-order valence-electron chi connectivity index (χ0n) is 21.2. The molecule has 38 heavy (non-hydrogen) atoms. The first-order chi connectivity index (χ1) is 18.0. The van der Waals surface area contributed by atoms with Gasteiger partial charge in [-0.3, -0.25) is 14.4 Å². The van der Waals surface area contributed by atoms with Gasteiger partial charge in [0.25, 0.3) is 11.8 Å². The average Bonchev–Trinajstić information content (AvgIpc) is 3.24. The molecule has 202 valence electrons. The summed E-state index contributed by atoms with van der Waals surface area (Å²) < 4.78 is 34.8. The van der Waals surface area contributed by atoms with Gasteiger partial charge in [-0.2, -0.15) is 4.39 Å². The molecule has 0 atom stereocenters. The van der Waals surface area contributed by atoms with Gasteiger partial charge in [0.1, 0.15) is 0 Å². The number of likely N-dealkylation sites (N-methyl/N-ethyl adjacent to an activating group) is 1. The molecule has 0 aliphatic rings. The number of aromatic nitrogens is 2. The Balaban J connectivity index is 1.64. The third-order valence-corrected chi connectivity index (χ3v) is 5.71. The van der Waals surface area contributed by atoms with E-state index >= 15 is 0 Å². The van der Waals surface area contributed by atoms with Crippen LogP contribution in [0, 0.1) is 11.6 Å². The standard InChI is InChI=1S/C25H27ClF2N6O4/c1-33(2)13-20(35)29-9-10-30-24(36)15-6-5-14(11-17(15)26)32-25(37)23-31-12-18(34(23)3)16-7-8-19(38-4)22(28)21(16)27/h5-8,11-12H,9-10,13H2,1-4H3,(H,29,35)(H,30,36)(H,32,37). The van der Waals surface area contributed by atoms with Crippen molar-refractivity contribution in [2.24, 2.45) is 7.05 Å². The first-order valence-electron chi connectivity index (χ1n) is 11.4. The van der Waals surface area contributed by atoms with Crippen molar-refractivity contribution in [3.8, 4) is 17.0 Å². The molecule has 0 aliphatic heterocycles. The maximum absolute atomic E-state index is 14.5. The van der Waals surface area contributed by atoms with Crippen LogP contribution < -0.4 is 20.7 Å². The molecule has 13 heteroatoms. The fourth-order valence-corrected chi connectivity index (χ4v) is 3.80. The van der Waals surface area contributed by atoms with E-state index in [0.29, 0.717) is 5.69 Å². The highest BCUT2D eigenvalue weighted by Gasteiger charge is 2.21. The highest BCUT2D eigenvalue weighted by atomic mass is 35.5. The normalized spacial score (nSPS) is 10.8. The number of hydrogen-bond donors (Lipinski definition) is 3. The quantitative estimate of drug-likeness (QED) is 0.335. The number of ether oxygens (including phenoxy) is 1. The maximum atomic E-state index is 14.5. The fraction of sp³-hybridized carbons (Fsp3) is 0.280. The third kappa shape index (κ3) is 6.64. The van der Waals surface area contributed by atoms with Gasteiger partial charge in [0.2, 0.25) is 11.7 Å². The van der Waals surface area contributed by atoms with Crippen LogP contribution in [0.3, 0.4) is 0 Å². The number of halogens is 3. The maximum Gasteiger partial charge on any atom is 0.291 e. The van der Waals surface area contributed by atoms with E-state index in [9.17, 15) is 23.2 Å². The van der Waals surface area contributed by atoms with E-state index in [1.54, 1.807) is 19.0 Å². The Morgan fingerprint density at radius 3 is 2.42 bits per heavy atom. The first-order valence-corrected chi connectivity index (χ1v) is 11.8. The van der Waals surface area contributed by atoms with Crippen LogP contribution in [0.25, 0.3) is 11.3 Å². The second kappa shape index (κ2) is 12.5. The van der Waals surface area contributed by atoms with Crippen molar-refractivity contribution in [3.63, 3.8) is 0 Å². The summed E-state index contributed by atoms with van der Waals surface area (Å²) in [6.45, 7) is 0.694.